The Kier molecular flexibility index (Phi) is 6.40. The summed E-state index contributed by atoms with van der Waals surface area (Å²) in [4.78, 5) is 31.9. The zero-order chi connectivity index (χ0) is 20.1. The summed E-state index contributed by atoms with van der Waals surface area (Å²) in [7, 11) is 0. The van der Waals surface area contributed by atoms with Crippen molar-refractivity contribution in [1.82, 2.24) is 15.6 Å². The van der Waals surface area contributed by atoms with E-state index in [0.29, 0.717) is 24.8 Å². The highest BCUT2D eigenvalue weighted by Crippen LogP contribution is 2.44. The molecule has 4 rings (SSSR count). The molecule has 1 saturated heterocycles. The molecule has 1 aromatic heterocycles. The van der Waals surface area contributed by atoms with Gasteiger partial charge in [-0.25, -0.2) is 9.78 Å². The van der Waals surface area contributed by atoms with E-state index in [2.05, 4.69) is 39.9 Å². The summed E-state index contributed by atoms with van der Waals surface area (Å²) in [6, 6.07) is 10.3. The molecule has 0 spiro atoms. The molecule has 3 amide bonds. The van der Waals surface area contributed by atoms with Gasteiger partial charge in [-0.1, -0.05) is 31.0 Å². The van der Waals surface area contributed by atoms with Gasteiger partial charge in [-0.3, -0.25) is 9.69 Å². The molecular weight excluding hydrogens is 404 g/mol. The van der Waals surface area contributed by atoms with Crippen LogP contribution in [-0.4, -0.2) is 41.3 Å². The summed E-state index contributed by atoms with van der Waals surface area (Å²) in [5, 5.41) is 8.51. The molecule has 29 heavy (non-hydrogen) atoms. The van der Waals surface area contributed by atoms with Crippen LogP contribution in [0.1, 0.15) is 37.8 Å². The van der Waals surface area contributed by atoms with Crippen LogP contribution in [0, 0.1) is 0 Å². The van der Waals surface area contributed by atoms with Crippen molar-refractivity contribution in [2.75, 3.05) is 24.5 Å². The second kappa shape index (κ2) is 9.17. The first-order chi connectivity index (χ1) is 14.1. The van der Waals surface area contributed by atoms with Gasteiger partial charge in [0.2, 0.25) is 5.91 Å². The number of amides is 3. The molecular formula is C21H26N4O2S2. The SMILES string of the molecule is O=C(Cc1csc(N2CCCNC2=O)n1)NCC1(Sc2ccccc2)CCCC1. The van der Waals surface area contributed by atoms with E-state index in [4.69, 9.17) is 0 Å². The van der Waals surface area contributed by atoms with Crippen molar-refractivity contribution in [3.8, 4) is 0 Å². The summed E-state index contributed by atoms with van der Waals surface area (Å²) >= 11 is 3.31. The topological polar surface area (TPSA) is 74.3 Å². The maximum atomic E-state index is 12.6. The standard InChI is InChI=1S/C21H26N4O2S2/c26-18(13-16-14-28-20(24-16)25-12-6-11-22-19(25)27)23-15-21(9-4-5-10-21)29-17-7-2-1-3-8-17/h1-3,7-8,14H,4-6,9-13,15H2,(H,22,27)(H,23,26). The van der Waals surface area contributed by atoms with Gasteiger partial charge in [0, 0.05) is 34.7 Å². The van der Waals surface area contributed by atoms with E-state index in [9.17, 15) is 9.59 Å². The fourth-order valence-electron chi connectivity index (χ4n) is 3.87. The van der Waals surface area contributed by atoms with Gasteiger partial charge in [-0.15, -0.1) is 23.1 Å². The summed E-state index contributed by atoms with van der Waals surface area (Å²) < 4.78 is 0.0795. The minimum atomic E-state index is -0.109. The van der Waals surface area contributed by atoms with Gasteiger partial charge in [0.1, 0.15) is 0 Å². The van der Waals surface area contributed by atoms with E-state index >= 15 is 0 Å². The van der Waals surface area contributed by atoms with Gasteiger partial charge < -0.3 is 10.6 Å². The third kappa shape index (κ3) is 5.11. The smallest absolute Gasteiger partial charge is 0.323 e. The first-order valence-corrected chi connectivity index (χ1v) is 11.8. The van der Waals surface area contributed by atoms with Crippen LogP contribution in [-0.2, 0) is 11.2 Å². The van der Waals surface area contributed by atoms with Gasteiger partial charge in [0.15, 0.2) is 5.13 Å². The first-order valence-electron chi connectivity index (χ1n) is 10.1. The van der Waals surface area contributed by atoms with Crippen LogP contribution in [0.4, 0.5) is 9.93 Å². The molecule has 1 aliphatic heterocycles. The number of thioether (sulfide) groups is 1. The summed E-state index contributed by atoms with van der Waals surface area (Å²) in [6.45, 7) is 2.06. The highest BCUT2D eigenvalue weighted by atomic mass is 32.2. The molecule has 0 bridgehead atoms. The molecule has 2 heterocycles. The van der Waals surface area contributed by atoms with Crippen molar-refractivity contribution < 1.29 is 9.59 Å². The van der Waals surface area contributed by atoms with Crippen molar-refractivity contribution in [3.63, 3.8) is 0 Å². The Hall–Kier alpha value is -2.06. The normalized spacial score (nSPS) is 18.5. The third-order valence-corrected chi connectivity index (χ3v) is 7.80. The molecule has 2 fully saturated rings. The molecule has 2 aliphatic rings. The van der Waals surface area contributed by atoms with Crippen LogP contribution in [0.3, 0.4) is 0 Å². The van der Waals surface area contributed by atoms with Crippen LogP contribution in [0.2, 0.25) is 0 Å². The number of nitrogens with one attached hydrogen (secondary N) is 2. The molecule has 1 aromatic carbocycles. The van der Waals surface area contributed by atoms with E-state index < -0.39 is 0 Å². The molecule has 0 unspecified atom stereocenters. The van der Waals surface area contributed by atoms with Crippen LogP contribution >= 0.6 is 23.1 Å². The Labute approximate surface area is 179 Å². The number of hydrogen-bond donors (Lipinski definition) is 2. The lowest BCUT2D eigenvalue weighted by Gasteiger charge is -2.28. The third-order valence-electron chi connectivity index (χ3n) is 5.39. The minimum Gasteiger partial charge on any atom is -0.354 e. The largest absolute Gasteiger partial charge is 0.354 e. The molecule has 2 N–H and O–H groups in total. The Bertz CT molecular complexity index is 849. The predicted molar refractivity (Wildman–Crippen MR) is 118 cm³/mol. The van der Waals surface area contributed by atoms with E-state index in [1.165, 1.54) is 29.1 Å². The number of carbonyl (C=O) groups excluding carboxylic acids is 2. The molecule has 1 aliphatic carbocycles. The van der Waals surface area contributed by atoms with Crippen LogP contribution in [0.5, 0.6) is 0 Å². The van der Waals surface area contributed by atoms with Crippen molar-refractivity contribution in [2.45, 2.75) is 48.2 Å². The molecule has 6 nitrogen and oxygen atoms in total. The Morgan fingerprint density at radius 1 is 1.24 bits per heavy atom. The van der Waals surface area contributed by atoms with E-state index in [1.54, 1.807) is 4.90 Å². The second-order valence-electron chi connectivity index (χ2n) is 7.62. The van der Waals surface area contributed by atoms with Crippen LogP contribution in [0.25, 0.3) is 0 Å². The predicted octanol–water partition coefficient (Wildman–Crippen LogP) is 3.83. The molecule has 0 radical (unpaired) electrons. The zero-order valence-electron chi connectivity index (χ0n) is 16.4. The number of benzene rings is 1. The van der Waals surface area contributed by atoms with Crippen LogP contribution in [0.15, 0.2) is 40.6 Å². The number of thiazole rings is 1. The summed E-state index contributed by atoms with van der Waals surface area (Å²) in [5.41, 5.74) is 0.719. The van der Waals surface area contributed by atoms with Crippen LogP contribution < -0.4 is 15.5 Å². The number of anilines is 1. The lowest BCUT2D eigenvalue weighted by molar-refractivity contribution is -0.120. The van der Waals surface area contributed by atoms with Crippen molar-refractivity contribution in [3.05, 3.63) is 41.4 Å². The average molecular weight is 431 g/mol. The summed E-state index contributed by atoms with van der Waals surface area (Å²) in [6.07, 6.45) is 5.82. The average Bonchev–Trinajstić information content (AvgIpc) is 3.38. The molecule has 1 saturated carbocycles. The Morgan fingerprint density at radius 2 is 2.03 bits per heavy atom. The Morgan fingerprint density at radius 3 is 2.79 bits per heavy atom. The summed E-state index contributed by atoms with van der Waals surface area (Å²) in [5.74, 6) is -0.00937. The zero-order valence-corrected chi connectivity index (χ0v) is 18.0. The molecule has 0 atom stereocenters. The van der Waals surface area contributed by atoms with E-state index in [-0.39, 0.29) is 23.1 Å². The number of aromatic nitrogens is 1. The van der Waals surface area contributed by atoms with E-state index in [0.717, 1.165) is 25.0 Å². The van der Waals surface area contributed by atoms with Crippen molar-refractivity contribution in [1.29, 1.82) is 0 Å². The fraction of sp³-hybridized carbons (Fsp3) is 0.476. The highest BCUT2D eigenvalue weighted by Gasteiger charge is 2.35. The molecule has 8 heteroatoms. The number of nitrogens with zero attached hydrogens (tertiary/aromatic N) is 2. The molecule has 154 valence electrons. The number of hydrogen-bond acceptors (Lipinski definition) is 5. The quantitative estimate of drug-likeness (QED) is 0.700. The maximum Gasteiger partial charge on any atom is 0.323 e. The van der Waals surface area contributed by atoms with Gasteiger partial charge in [-0.05, 0) is 31.4 Å². The first kappa shape index (κ1) is 20.2. The van der Waals surface area contributed by atoms with E-state index in [1.807, 2.05) is 23.2 Å². The fourth-order valence-corrected chi connectivity index (χ4v) is 6.15. The number of rotatable bonds is 7. The molecule has 2 aromatic rings. The number of urea groups is 1. The van der Waals surface area contributed by atoms with Crippen molar-refractivity contribution >= 4 is 40.2 Å². The highest BCUT2D eigenvalue weighted by molar-refractivity contribution is 8.00. The van der Waals surface area contributed by atoms with Crippen molar-refractivity contribution in [2.24, 2.45) is 0 Å². The van der Waals surface area contributed by atoms with Gasteiger partial charge in [0.25, 0.3) is 0 Å². The van der Waals surface area contributed by atoms with Gasteiger partial charge >= 0.3 is 6.03 Å². The lowest BCUT2D eigenvalue weighted by atomic mass is 10.1. The number of carbonyl (C=O) groups is 2. The maximum absolute atomic E-state index is 12.6. The van der Waals surface area contributed by atoms with Gasteiger partial charge in [-0.2, -0.15) is 0 Å². The second-order valence-corrected chi connectivity index (χ2v) is 10.00. The van der Waals surface area contributed by atoms with Gasteiger partial charge in [0.05, 0.1) is 12.1 Å². The monoisotopic (exact) mass is 430 g/mol. The lowest BCUT2D eigenvalue weighted by Crippen LogP contribution is -2.46. The minimum absolute atomic E-state index is 0.00937. The Balaban J connectivity index is 1.33.